The molecular weight excluding hydrogens is 228 g/mol. The van der Waals surface area contributed by atoms with Crippen LogP contribution >= 0.6 is 0 Å². The van der Waals surface area contributed by atoms with Crippen LogP contribution in [0.25, 0.3) is 0 Å². The normalized spacial score (nSPS) is 25.4. The van der Waals surface area contributed by atoms with Crippen LogP contribution in [-0.4, -0.2) is 24.0 Å². The van der Waals surface area contributed by atoms with Crippen molar-refractivity contribution in [2.75, 3.05) is 5.73 Å². The highest BCUT2D eigenvalue weighted by Crippen LogP contribution is 2.28. The molecule has 2 rings (SSSR count). The van der Waals surface area contributed by atoms with Gasteiger partial charge in [-0.2, -0.15) is 0 Å². The first kappa shape index (κ1) is 11.4. The van der Waals surface area contributed by atoms with E-state index in [4.69, 9.17) is 5.73 Å². The number of aromatic nitrogens is 2. The zero-order valence-corrected chi connectivity index (χ0v) is 10.2. The van der Waals surface area contributed by atoms with E-state index >= 15 is 0 Å². The Bertz CT molecular complexity index is 468. The molecule has 1 fully saturated rings. The molecule has 0 aliphatic heterocycles. The Morgan fingerprint density at radius 3 is 2.62 bits per heavy atom. The van der Waals surface area contributed by atoms with Crippen LogP contribution in [0.15, 0.2) is 11.4 Å². The highest BCUT2D eigenvalue weighted by molar-refractivity contribution is 7.89. The molecule has 90 valence electrons. The average molecular weight is 244 g/mol. The van der Waals surface area contributed by atoms with Crippen LogP contribution in [0.4, 0.5) is 5.82 Å². The second-order valence-electron chi connectivity index (χ2n) is 4.44. The van der Waals surface area contributed by atoms with Crippen LogP contribution in [0.3, 0.4) is 0 Å². The number of hydrogen-bond donors (Lipinski definition) is 2. The first-order valence-corrected chi connectivity index (χ1v) is 6.67. The summed E-state index contributed by atoms with van der Waals surface area (Å²) in [6, 6.07) is 0.0364. The summed E-state index contributed by atoms with van der Waals surface area (Å²) in [5.41, 5.74) is 5.54. The molecule has 1 aromatic heterocycles. The number of nitrogen functional groups attached to an aromatic ring is 1. The quantitative estimate of drug-likeness (QED) is 0.788. The highest BCUT2D eigenvalue weighted by Gasteiger charge is 2.32. The molecule has 0 spiro atoms. The molecule has 1 saturated carbocycles. The molecule has 0 unspecified atom stereocenters. The van der Waals surface area contributed by atoms with E-state index in [1.165, 1.54) is 10.9 Å². The van der Waals surface area contributed by atoms with Gasteiger partial charge in [0, 0.05) is 13.1 Å². The summed E-state index contributed by atoms with van der Waals surface area (Å²) in [4.78, 5) is 3.77. The maximum absolute atomic E-state index is 12.0. The predicted molar refractivity (Wildman–Crippen MR) is 60.1 cm³/mol. The maximum Gasteiger partial charge on any atom is 0.260 e. The van der Waals surface area contributed by atoms with Crippen molar-refractivity contribution in [3.63, 3.8) is 0 Å². The number of sulfonamides is 1. The first-order chi connectivity index (χ1) is 7.40. The SMILES string of the molecule is CC1CC(NS(=O)(=O)c2c(N)ncn2C)C1. The molecule has 0 amide bonds. The lowest BCUT2D eigenvalue weighted by Crippen LogP contribution is -2.43. The van der Waals surface area contributed by atoms with E-state index in [1.807, 2.05) is 0 Å². The molecule has 16 heavy (non-hydrogen) atoms. The van der Waals surface area contributed by atoms with Gasteiger partial charge >= 0.3 is 0 Å². The Kier molecular flexibility index (Phi) is 2.67. The van der Waals surface area contributed by atoms with Crippen molar-refractivity contribution in [3.8, 4) is 0 Å². The van der Waals surface area contributed by atoms with Gasteiger partial charge in [0.15, 0.2) is 10.8 Å². The summed E-state index contributed by atoms with van der Waals surface area (Å²) in [6.45, 7) is 2.10. The lowest BCUT2D eigenvalue weighted by atomic mass is 9.83. The molecule has 0 bridgehead atoms. The van der Waals surface area contributed by atoms with Gasteiger partial charge in [-0.15, -0.1) is 0 Å². The Morgan fingerprint density at radius 1 is 1.56 bits per heavy atom. The van der Waals surface area contributed by atoms with Gasteiger partial charge in [-0.25, -0.2) is 18.1 Å². The number of rotatable bonds is 3. The van der Waals surface area contributed by atoms with Crippen molar-refractivity contribution in [3.05, 3.63) is 6.33 Å². The minimum absolute atomic E-state index is 0.0364. The molecule has 7 heteroatoms. The largest absolute Gasteiger partial charge is 0.381 e. The summed E-state index contributed by atoms with van der Waals surface area (Å²) < 4.78 is 28.0. The van der Waals surface area contributed by atoms with Gasteiger partial charge in [0.25, 0.3) is 10.0 Å². The molecule has 1 heterocycles. The van der Waals surface area contributed by atoms with Crippen molar-refractivity contribution < 1.29 is 8.42 Å². The first-order valence-electron chi connectivity index (χ1n) is 5.19. The Labute approximate surface area is 94.9 Å². The van der Waals surface area contributed by atoms with E-state index in [9.17, 15) is 8.42 Å². The van der Waals surface area contributed by atoms with Crippen LogP contribution in [0, 0.1) is 5.92 Å². The van der Waals surface area contributed by atoms with Gasteiger partial charge in [0.05, 0.1) is 6.33 Å². The summed E-state index contributed by atoms with van der Waals surface area (Å²) >= 11 is 0. The Hall–Kier alpha value is -1.08. The standard InChI is InChI=1S/C9H16N4O2S/c1-6-3-7(4-6)12-16(14,15)9-8(10)11-5-13(9)2/h5-7,12H,3-4,10H2,1-2H3. The number of imidazole rings is 1. The van der Waals surface area contributed by atoms with E-state index in [0.29, 0.717) is 5.92 Å². The van der Waals surface area contributed by atoms with Crippen molar-refractivity contribution >= 4 is 15.8 Å². The molecule has 0 aromatic carbocycles. The fourth-order valence-corrected chi connectivity index (χ4v) is 3.54. The lowest BCUT2D eigenvalue weighted by molar-refractivity contribution is 0.270. The average Bonchev–Trinajstić information content (AvgIpc) is 2.43. The topological polar surface area (TPSA) is 90.0 Å². The molecule has 0 saturated heterocycles. The van der Waals surface area contributed by atoms with Gasteiger partial charge in [0.2, 0.25) is 0 Å². The second kappa shape index (κ2) is 3.74. The zero-order chi connectivity index (χ0) is 11.9. The van der Waals surface area contributed by atoms with Gasteiger partial charge in [0.1, 0.15) is 0 Å². The summed E-state index contributed by atoms with van der Waals surface area (Å²) in [5, 5.41) is 0.0482. The number of hydrogen-bond acceptors (Lipinski definition) is 4. The van der Waals surface area contributed by atoms with E-state index < -0.39 is 10.0 Å². The lowest BCUT2D eigenvalue weighted by Gasteiger charge is -2.32. The van der Waals surface area contributed by atoms with Crippen molar-refractivity contribution in [2.45, 2.75) is 30.8 Å². The third kappa shape index (κ3) is 1.92. The third-order valence-electron chi connectivity index (χ3n) is 2.86. The second-order valence-corrected chi connectivity index (χ2v) is 6.07. The number of nitrogens with two attached hydrogens (primary N) is 1. The Morgan fingerprint density at radius 2 is 2.19 bits per heavy atom. The smallest absolute Gasteiger partial charge is 0.260 e. The summed E-state index contributed by atoms with van der Waals surface area (Å²) in [6.07, 6.45) is 3.17. The molecule has 0 atom stereocenters. The van der Waals surface area contributed by atoms with Gasteiger partial charge in [-0.05, 0) is 18.8 Å². The number of anilines is 1. The van der Waals surface area contributed by atoms with Crippen LogP contribution in [0.5, 0.6) is 0 Å². The van der Waals surface area contributed by atoms with Crippen LogP contribution in [-0.2, 0) is 17.1 Å². The fraction of sp³-hybridized carbons (Fsp3) is 0.667. The van der Waals surface area contributed by atoms with Crippen molar-refractivity contribution in [1.82, 2.24) is 14.3 Å². The minimum atomic E-state index is -3.54. The van der Waals surface area contributed by atoms with Crippen molar-refractivity contribution in [2.24, 2.45) is 13.0 Å². The molecule has 1 aliphatic rings. The van der Waals surface area contributed by atoms with E-state index in [2.05, 4.69) is 16.6 Å². The fourth-order valence-electron chi connectivity index (χ4n) is 2.04. The van der Waals surface area contributed by atoms with Gasteiger partial charge < -0.3 is 10.3 Å². The highest BCUT2D eigenvalue weighted by atomic mass is 32.2. The number of nitrogens with zero attached hydrogens (tertiary/aromatic N) is 2. The van der Waals surface area contributed by atoms with Crippen molar-refractivity contribution in [1.29, 1.82) is 0 Å². The van der Waals surface area contributed by atoms with E-state index in [1.54, 1.807) is 7.05 Å². The molecule has 0 radical (unpaired) electrons. The molecule has 1 aliphatic carbocycles. The zero-order valence-electron chi connectivity index (χ0n) is 9.34. The van der Waals surface area contributed by atoms with Gasteiger partial charge in [-0.3, -0.25) is 0 Å². The van der Waals surface area contributed by atoms with Gasteiger partial charge in [-0.1, -0.05) is 6.92 Å². The maximum atomic E-state index is 12.0. The minimum Gasteiger partial charge on any atom is -0.381 e. The summed E-state index contributed by atoms with van der Waals surface area (Å²) in [5.74, 6) is 0.638. The monoisotopic (exact) mass is 244 g/mol. The van der Waals surface area contributed by atoms with E-state index in [0.717, 1.165) is 12.8 Å². The predicted octanol–water partition coefficient (Wildman–Crippen LogP) is 0.0791. The summed E-state index contributed by atoms with van der Waals surface area (Å²) in [7, 11) is -1.92. The third-order valence-corrected chi connectivity index (χ3v) is 4.51. The van der Waals surface area contributed by atoms with E-state index in [-0.39, 0.29) is 16.9 Å². The van der Waals surface area contributed by atoms with Crippen LogP contribution in [0.1, 0.15) is 19.8 Å². The number of nitrogens with one attached hydrogen (secondary N) is 1. The van der Waals surface area contributed by atoms with Crippen LogP contribution < -0.4 is 10.5 Å². The van der Waals surface area contributed by atoms with Crippen LogP contribution in [0.2, 0.25) is 0 Å². The molecular formula is C9H16N4O2S. The molecule has 1 aromatic rings. The number of aryl methyl sites for hydroxylation is 1. The Balaban J connectivity index is 2.19. The molecule has 3 N–H and O–H groups in total. The molecule has 6 nitrogen and oxygen atoms in total.